The highest BCUT2D eigenvalue weighted by Gasteiger charge is 2.03. The first-order chi connectivity index (χ1) is 8.99. The highest BCUT2D eigenvalue weighted by atomic mass is 32.1. The molecule has 0 saturated heterocycles. The lowest BCUT2D eigenvalue weighted by Crippen LogP contribution is -2.30. The summed E-state index contributed by atoms with van der Waals surface area (Å²) in [7, 11) is 0. The second kappa shape index (κ2) is 8.01. The first-order valence-corrected chi connectivity index (χ1v) is 6.51. The topological polar surface area (TPSA) is 33.3 Å². The molecule has 0 atom stereocenters. The maximum Gasteiger partial charge on any atom is 0.170 e. The zero-order valence-electron chi connectivity index (χ0n) is 11.0. The number of nitrogens with one attached hydrogen (secondary N) is 2. The van der Waals surface area contributed by atoms with Crippen LogP contribution in [-0.4, -0.2) is 24.4 Å². The molecule has 0 fully saturated rings. The normalized spacial score (nSPS) is 10.6. The summed E-state index contributed by atoms with van der Waals surface area (Å²) in [4.78, 5) is 0. The number of thiocarbonyl (C=S) groups is 1. The van der Waals surface area contributed by atoms with Gasteiger partial charge < -0.3 is 15.4 Å². The zero-order chi connectivity index (χ0) is 14.3. The van der Waals surface area contributed by atoms with Gasteiger partial charge >= 0.3 is 0 Å². The SMILES string of the molecule is CC(C)OCCCNC(=S)Nc1ccc(F)c(F)c1. The number of benzene rings is 1. The number of hydrogen-bond donors (Lipinski definition) is 2. The summed E-state index contributed by atoms with van der Waals surface area (Å²) >= 11 is 5.03. The van der Waals surface area contributed by atoms with Crippen molar-refractivity contribution in [1.29, 1.82) is 0 Å². The number of rotatable bonds is 6. The zero-order valence-corrected chi connectivity index (χ0v) is 11.8. The van der Waals surface area contributed by atoms with E-state index in [9.17, 15) is 8.78 Å². The average molecular weight is 288 g/mol. The number of hydrogen-bond acceptors (Lipinski definition) is 2. The maximum atomic E-state index is 13.0. The van der Waals surface area contributed by atoms with Crippen LogP contribution >= 0.6 is 12.2 Å². The summed E-state index contributed by atoms with van der Waals surface area (Å²) in [5.41, 5.74) is 0.412. The van der Waals surface area contributed by atoms with Gasteiger partial charge in [-0.1, -0.05) is 0 Å². The van der Waals surface area contributed by atoms with Gasteiger partial charge in [0.05, 0.1) is 6.10 Å². The van der Waals surface area contributed by atoms with E-state index in [1.807, 2.05) is 13.8 Å². The predicted octanol–water partition coefficient (Wildman–Crippen LogP) is 3.07. The van der Waals surface area contributed by atoms with Crippen LogP contribution in [0.5, 0.6) is 0 Å². The Morgan fingerprint density at radius 3 is 2.68 bits per heavy atom. The standard InChI is InChI=1S/C13H18F2N2OS/c1-9(2)18-7-3-6-16-13(19)17-10-4-5-11(14)12(15)8-10/h4-5,8-9H,3,6-7H2,1-2H3,(H2,16,17,19). The van der Waals surface area contributed by atoms with Crippen molar-refractivity contribution in [2.75, 3.05) is 18.5 Å². The summed E-state index contributed by atoms with van der Waals surface area (Å²) in [5, 5.41) is 6.12. The largest absolute Gasteiger partial charge is 0.379 e. The molecule has 1 aromatic carbocycles. The molecular formula is C13H18F2N2OS. The summed E-state index contributed by atoms with van der Waals surface area (Å²) in [6.45, 7) is 5.26. The van der Waals surface area contributed by atoms with Crippen LogP contribution in [0.15, 0.2) is 18.2 Å². The monoisotopic (exact) mass is 288 g/mol. The fraction of sp³-hybridized carbons (Fsp3) is 0.462. The highest BCUT2D eigenvalue weighted by Crippen LogP contribution is 2.12. The molecule has 106 valence electrons. The van der Waals surface area contributed by atoms with Crippen LogP contribution in [0.3, 0.4) is 0 Å². The first kappa shape index (κ1) is 15.8. The van der Waals surface area contributed by atoms with Crippen LogP contribution in [-0.2, 0) is 4.74 Å². The third kappa shape index (κ3) is 6.45. The average Bonchev–Trinajstić information content (AvgIpc) is 2.33. The molecule has 1 rings (SSSR count). The van der Waals surface area contributed by atoms with Crippen molar-refractivity contribution in [3.05, 3.63) is 29.8 Å². The van der Waals surface area contributed by atoms with E-state index >= 15 is 0 Å². The Bertz CT molecular complexity index is 427. The molecule has 1 aromatic rings. The summed E-state index contributed by atoms with van der Waals surface area (Å²) in [6.07, 6.45) is 1.03. The predicted molar refractivity (Wildman–Crippen MR) is 76.3 cm³/mol. The minimum Gasteiger partial charge on any atom is -0.379 e. The number of anilines is 1. The van der Waals surface area contributed by atoms with Gasteiger partial charge in [0.2, 0.25) is 0 Å². The Hall–Kier alpha value is -1.27. The van der Waals surface area contributed by atoms with E-state index in [0.717, 1.165) is 18.6 Å². The van der Waals surface area contributed by atoms with Crippen LogP contribution in [0.1, 0.15) is 20.3 Å². The van der Waals surface area contributed by atoms with Crippen LogP contribution < -0.4 is 10.6 Å². The van der Waals surface area contributed by atoms with Gasteiger partial charge in [-0.2, -0.15) is 0 Å². The Kier molecular flexibility index (Phi) is 6.66. The molecule has 0 aromatic heterocycles. The highest BCUT2D eigenvalue weighted by molar-refractivity contribution is 7.80. The first-order valence-electron chi connectivity index (χ1n) is 6.10. The Labute approximate surface area is 117 Å². The summed E-state index contributed by atoms with van der Waals surface area (Å²) in [6, 6.07) is 3.54. The van der Waals surface area contributed by atoms with Gasteiger partial charge in [-0.3, -0.25) is 0 Å². The van der Waals surface area contributed by atoms with Crippen molar-refractivity contribution in [3.8, 4) is 0 Å². The molecule has 0 saturated carbocycles. The van der Waals surface area contributed by atoms with Crippen molar-refractivity contribution in [2.24, 2.45) is 0 Å². The van der Waals surface area contributed by atoms with Gasteiger partial charge in [0.25, 0.3) is 0 Å². The van der Waals surface area contributed by atoms with E-state index in [1.165, 1.54) is 6.07 Å². The molecule has 0 aliphatic carbocycles. The molecule has 0 heterocycles. The second-order valence-electron chi connectivity index (χ2n) is 4.28. The van der Waals surface area contributed by atoms with E-state index in [1.54, 1.807) is 0 Å². The molecule has 0 unspecified atom stereocenters. The molecule has 0 amide bonds. The smallest absolute Gasteiger partial charge is 0.170 e. The minimum absolute atomic E-state index is 0.215. The van der Waals surface area contributed by atoms with Crippen LogP contribution in [0.2, 0.25) is 0 Å². The Balaban J connectivity index is 2.25. The van der Waals surface area contributed by atoms with Crippen molar-refractivity contribution in [1.82, 2.24) is 5.32 Å². The van der Waals surface area contributed by atoms with Crippen molar-refractivity contribution < 1.29 is 13.5 Å². The lowest BCUT2D eigenvalue weighted by molar-refractivity contribution is 0.0777. The third-order valence-electron chi connectivity index (χ3n) is 2.24. The molecule has 0 bridgehead atoms. The third-order valence-corrected chi connectivity index (χ3v) is 2.48. The van der Waals surface area contributed by atoms with E-state index in [4.69, 9.17) is 17.0 Å². The molecule has 0 aliphatic heterocycles. The molecule has 0 aliphatic rings. The van der Waals surface area contributed by atoms with E-state index in [2.05, 4.69) is 10.6 Å². The van der Waals surface area contributed by atoms with Gasteiger partial charge in [-0.05, 0) is 44.6 Å². The van der Waals surface area contributed by atoms with Crippen molar-refractivity contribution in [2.45, 2.75) is 26.4 Å². The Morgan fingerprint density at radius 2 is 2.05 bits per heavy atom. The van der Waals surface area contributed by atoms with Gasteiger partial charge in [-0.15, -0.1) is 0 Å². The molecule has 2 N–H and O–H groups in total. The second-order valence-corrected chi connectivity index (χ2v) is 4.69. The fourth-order valence-corrected chi connectivity index (χ4v) is 1.56. The van der Waals surface area contributed by atoms with Gasteiger partial charge in [0.1, 0.15) is 0 Å². The molecular weight excluding hydrogens is 270 g/mol. The lowest BCUT2D eigenvalue weighted by Gasteiger charge is -2.11. The van der Waals surface area contributed by atoms with Crippen LogP contribution in [0.4, 0.5) is 14.5 Å². The van der Waals surface area contributed by atoms with Crippen LogP contribution in [0, 0.1) is 11.6 Å². The Morgan fingerprint density at radius 1 is 1.32 bits per heavy atom. The summed E-state index contributed by atoms with van der Waals surface area (Å²) < 4.78 is 31.1. The van der Waals surface area contributed by atoms with E-state index in [-0.39, 0.29) is 6.10 Å². The van der Waals surface area contributed by atoms with E-state index < -0.39 is 11.6 Å². The van der Waals surface area contributed by atoms with Crippen molar-refractivity contribution >= 4 is 23.0 Å². The molecule has 0 spiro atoms. The van der Waals surface area contributed by atoms with Crippen molar-refractivity contribution in [3.63, 3.8) is 0 Å². The van der Waals surface area contributed by atoms with Gasteiger partial charge in [0, 0.05) is 24.9 Å². The molecule has 0 radical (unpaired) electrons. The number of ether oxygens (including phenoxy) is 1. The maximum absolute atomic E-state index is 13.0. The fourth-order valence-electron chi connectivity index (χ4n) is 1.34. The summed E-state index contributed by atoms with van der Waals surface area (Å²) in [5.74, 6) is -1.78. The molecule has 6 heteroatoms. The number of halogens is 2. The molecule has 19 heavy (non-hydrogen) atoms. The van der Waals surface area contributed by atoms with E-state index in [0.29, 0.717) is 24.0 Å². The molecule has 3 nitrogen and oxygen atoms in total. The lowest BCUT2D eigenvalue weighted by atomic mass is 10.3. The minimum atomic E-state index is -0.905. The van der Waals surface area contributed by atoms with Crippen LogP contribution in [0.25, 0.3) is 0 Å². The quantitative estimate of drug-likeness (QED) is 0.622. The van der Waals surface area contributed by atoms with Gasteiger partial charge in [0.15, 0.2) is 16.7 Å². The van der Waals surface area contributed by atoms with Gasteiger partial charge in [-0.25, -0.2) is 8.78 Å².